The third-order valence-corrected chi connectivity index (χ3v) is 3.44. The second kappa shape index (κ2) is 6.76. The van der Waals surface area contributed by atoms with Crippen molar-refractivity contribution in [1.82, 2.24) is 10.2 Å². The number of carbonyl (C=O) groups excluding carboxylic acids is 2. The summed E-state index contributed by atoms with van der Waals surface area (Å²) in [6.45, 7) is 7.10. The fraction of sp³-hybridized carbons (Fsp3) is 0.733. The quantitative estimate of drug-likeness (QED) is 0.738. The van der Waals surface area contributed by atoms with E-state index in [9.17, 15) is 9.59 Å². The van der Waals surface area contributed by atoms with Gasteiger partial charge in [-0.3, -0.25) is 9.59 Å². The monoisotopic (exact) mass is 279 g/mol. The molecule has 0 aliphatic carbocycles. The van der Waals surface area contributed by atoms with E-state index in [0.717, 1.165) is 12.8 Å². The van der Waals surface area contributed by atoms with Crippen LogP contribution >= 0.6 is 0 Å². The number of likely N-dealkylation sites (tertiary alicyclic amines) is 1. The molecule has 1 heterocycles. The Morgan fingerprint density at radius 3 is 2.40 bits per heavy atom. The molecule has 1 aliphatic rings. The summed E-state index contributed by atoms with van der Waals surface area (Å²) in [4.78, 5) is 25.8. The molecule has 1 fully saturated rings. The van der Waals surface area contributed by atoms with Crippen LogP contribution in [0.3, 0.4) is 0 Å². The van der Waals surface area contributed by atoms with E-state index in [2.05, 4.69) is 11.2 Å². The van der Waals surface area contributed by atoms with Crippen molar-refractivity contribution in [1.29, 1.82) is 0 Å². The predicted octanol–water partition coefficient (Wildman–Crippen LogP) is 0.490. The van der Waals surface area contributed by atoms with Gasteiger partial charge >= 0.3 is 0 Å². The van der Waals surface area contributed by atoms with Gasteiger partial charge in [0.15, 0.2) is 0 Å². The van der Waals surface area contributed by atoms with Gasteiger partial charge < -0.3 is 16.0 Å². The third kappa shape index (κ3) is 4.53. The van der Waals surface area contributed by atoms with E-state index in [1.807, 2.05) is 25.7 Å². The maximum atomic E-state index is 12.1. The molecule has 2 amide bonds. The summed E-state index contributed by atoms with van der Waals surface area (Å²) in [7, 11) is 0. The van der Waals surface area contributed by atoms with Crippen LogP contribution in [-0.2, 0) is 9.59 Å². The molecule has 0 radical (unpaired) electrons. The normalized spacial score (nSPS) is 18.2. The molecule has 0 saturated carbocycles. The highest BCUT2D eigenvalue weighted by Gasteiger charge is 2.31. The van der Waals surface area contributed by atoms with Gasteiger partial charge in [-0.25, -0.2) is 0 Å². The highest BCUT2D eigenvalue weighted by Crippen LogP contribution is 2.20. The van der Waals surface area contributed by atoms with Gasteiger partial charge in [0.1, 0.15) is 0 Å². The standard InChI is InChI=1S/C15H25N3O2/c1-5-6-12(16)13(19)17-11-7-9-18(10-8-11)14(20)15(2,3)4/h1,11-12H,6-10,16H2,2-4H3,(H,17,19). The first-order chi connectivity index (χ1) is 9.25. The van der Waals surface area contributed by atoms with Gasteiger partial charge in [0.25, 0.3) is 0 Å². The summed E-state index contributed by atoms with van der Waals surface area (Å²) in [6, 6.07) is -0.565. The topological polar surface area (TPSA) is 75.4 Å². The van der Waals surface area contributed by atoms with Crippen molar-refractivity contribution in [2.75, 3.05) is 13.1 Å². The maximum Gasteiger partial charge on any atom is 0.238 e. The van der Waals surface area contributed by atoms with Crippen LogP contribution in [0.1, 0.15) is 40.0 Å². The largest absolute Gasteiger partial charge is 0.352 e. The summed E-state index contributed by atoms with van der Waals surface area (Å²) in [5.74, 6) is 2.34. The summed E-state index contributed by atoms with van der Waals surface area (Å²) in [5.41, 5.74) is 5.30. The highest BCUT2D eigenvalue weighted by atomic mass is 16.2. The van der Waals surface area contributed by atoms with Crippen molar-refractivity contribution in [3.8, 4) is 12.3 Å². The van der Waals surface area contributed by atoms with E-state index in [1.165, 1.54) is 0 Å². The molecule has 0 bridgehead atoms. The summed E-state index contributed by atoms with van der Waals surface area (Å²) in [5, 5.41) is 2.90. The summed E-state index contributed by atoms with van der Waals surface area (Å²) >= 11 is 0. The van der Waals surface area contributed by atoms with Crippen molar-refractivity contribution in [3.05, 3.63) is 0 Å². The Labute approximate surface area is 121 Å². The second-order valence-electron chi connectivity index (χ2n) is 6.34. The molecule has 0 aromatic heterocycles. The SMILES string of the molecule is C#CCC(N)C(=O)NC1CCN(C(=O)C(C)(C)C)CC1. The fourth-order valence-electron chi connectivity index (χ4n) is 2.23. The van der Waals surface area contributed by atoms with Crippen LogP contribution in [0.5, 0.6) is 0 Å². The van der Waals surface area contributed by atoms with Gasteiger partial charge in [-0.2, -0.15) is 0 Å². The molecular weight excluding hydrogens is 254 g/mol. The van der Waals surface area contributed by atoms with E-state index >= 15 is 0 Å². The van der Waals surface area contributed by atoms with Crippen LogP contribution in [0, 0.1) is 17.8 Å². The number of terminal acetylenes is 1. The minimum absolute atomic E-state index is 0.0790. The Morgan fingerprint density at radius 2 is 1.95 bits per heavy atom. The van der Waals surface area contributed by atoms with Gasteiger partial charge in [0.05, 0.1) is 6.04 Å². The van der Waals surface area contributed by atoms with Crippen LogP contribution in [0.4, 0.5) is 0 Å². The van der Waals surface area contributed by atoms with Crippen LogP contribution in [0.15, 0.2) is 0 Å². The first-order valence-electron chi connectivity index (χ1n) is 7.04. The van der Waals surface area contributed by atoms with Crippen LogP contribution in [0.2, 0.25) is 0 Å². The van der Waals surface area contributed by atoms with Crippen molar-refractivity contribution >= 4 is 11.8 Å². The maximum absolute atomic E-state index is 12.1. The predicted molar refractivity (Wildman–Crippen MR) is 78.6 cm³/mol. The van der Waals surface area contributed by atoms with Gasteiger partial charge in [0, 0.05) is 31.0 Å². The average Bonchev–Trinajstić information content (AvgIpc) is 2.38. The lowest BCUT2D eigenvalue weighted by molar-refractivity contribution is -0.140. The smallest absolute Gasteiger partial charge is 0.238 e. The molecule has 0 spiro atoms. The molecule has 1 rings (SSSR count). The molecule has 112 valence electrons. The zero-order valence-corrected chi connectivity index (χ0v) is 12.6. The molecule has 1 unspecified atom stereocenters. The molecule has 0 aromatic rings. The molecule has 5 heteroatoms. The number of hydrogen-bond acceptors (Lipinski definition) is 3. The molecule has 0 aromatic carbocycles. The van der Waals surface area contributed by atoms with E-state index in [0.29, 0.717) is 13.1 Å². The Morgan fingerprint density at radius 1 is 1.40 bits per heavy atom. The minimum atomic E-state index is -0.644. The van der Waals surface area contributed by atoms with Gasteiger partial charge in [-0.15, -0.1) is 12.3 Å². The zero-order valence-electron chi connectivity index (χ0n) is 12.6. The van der Waals surface area contributed by atoms with Crippen molar-refractivity contribution in [2.45, 2.75) is 52.1 Å². The molecule has 20 heavy (non-hydrogen) atoms. The first-order valence-corrected chi connectivity index (χ1v) is 7.04. The number of hydrogen-bond donors (Lipinski definition) is 2. The lowest BCUT2D eigenvalue weighted by Crippen LogP contribution is -2.51. The Hall–Kier alpha value is -1.54. The average molecular weight is 279 g/mol. The number of amides is 2. The van der Waals surface area contributed by atoms with Crippen LogP contribution in [0.25, 0.3) is 0 Å². The van der Waals surface area contributed by atoms with E-state index < -0.39 is 6.04 Å². The van der Waals surface area contributed by atoms with Gasteiger partial charge in [0.2, 0.25) is 11.8 Å². The number of piperidine rings is 1. The Balaban J connectivity index is 2.42. The Kier molecular flexibility index (Phi) is 5.58. The van der Waals surface area contributed by atoms with E-state index in [4.69, 9.17) is 12.2 Å². The number of nitrogens with two attached hydrogens (primary N) is 1. The molecule has 1 atom stereocenters. The minimum Gasteiger partial charge on any atom is -0.352 e. The van der Waals surface area contributed by atoms with Crippen molar-refractivity contribution in [2.24, 2.45) is 11.1 Å². The number of nitrogens with one attached hydrogen (secondary N) is 1. The second-order valence-corrected chi connectivity index (χ2v) is 6.34. The molecule has 5 nitrogen and oxygen atoms in total. The molecule has 1 aliphatic heterocycles. The number of nitrogens with zero attached hydrogens (tertiary/aromatic N) is 1. The lowest BCUT2D eigenvalue weighted by Gasteiger charge is -2.36. The van der Waals surface area contributed by atoms with Crippen LogP contribution < -0.4 is 11.1 Å². The molecule has 3 N–H and O–H groups in total. The van der Waals surface area contributed by atoms with Crippen molar-refractivity contribution < 1.29 is 9.59 Å². The Bertz CT molecular complexity index is 398. The van der Waals surface area contributed by atoms with Crippen molar-refractivity contribution in [3.63, 3.8) is 0 Å². The fourth-order valence-corrected chi connectivity index (χ4v) is 2.23. The highest BCUT2D eigenvalue weighted by molar-refractivity contribution is 5.82. The van der Waals surface area contributed by atoms with E-state index in [1.54, 1.807) is 0 Å². The summed E-state index contributed by atoms with van der Waals surface area (Å²) < 4.78 is 0. The lowest BCUT2D eigenvalue weighted by atomic mass is 9.93. The third-order valence-electron chi connectivity index (χ3n) is 3.44. The number of rotatable bonds is 3. The van der Waals surface area contributed by atoms with Crippen LogP contribution in [-0.4, -0.2) is 41.9 Å². The van der Waals surface area contributed by atoms with Gasteiger partial charge in [-0.05, 0) is 12.8 Å². The summed E-state index contributed by atoms with van der Waals surface area (Å²) in [6.07, 6.45) is 6.90. The first kappa shape index (κ1) is 16.5. The molecular formula is C15H25N3O2. The zero-order chi connectivity index (χ0) is 15.3. The van der Waals surface area contributed by atoms with E-state index in [-0.39, 0.29) is 29.7 Å². The number of carbonyl (C=O) groups is 2. The molecule has 1 saturated heterocycles. The van der Waals surface area contributed by atoms with Gasteiger partial charge in [-0.1, -0.05) is 20.8 Å².